The maximum Gasteiger partial charge on any atom is 0.508 e. The van der Waals surface area contributed by atoms with Crippen LogP contribution in [-0.4, -0.2) is 37.8 Å². The molecular weight excluding hydrogens is 332 g/mol. The standard InChI is InChI=1S/C16H24F4O4/c1-3-22-10-12-4-6-13(7-5-12)11-24-14(21)23-9-8-16(19,20)15(2,17)18/h3,12-13H,1,4-11H2,2H3. The number of hydrogen-bond donors (Lipinski definition) is 0. The van der Waals surface area contributed by atoms with E-state index in [2.05, 4.69) is 11.3 Å². The molecule has 0 radical (unpaired) electrons. The van der Waals surface area contributed by atoms with Crippen LogP contribution < -0.4 is 0 Å². The van der Waals surface area contributed by atoms with Crippen LogP contribution in [-0.2, 0) is 14.2 Å². The number of hydrogen-bond acceptors (Lipinski definition) is 4. The predicted molar refractivity (Wildman–Crippen MR) is 79.1 cm³/mol. The molecule has 0 saturated heterocycles. The summed E-state index contributed by atoms with van der Waals surface area (Å²) in [5, 5.41) is 0. The fraction of sp³-hybridized carbons (Fsp3) is 0.812. The molecule has 0 heterocycles. The summed E-state index contributed by atoms with van der Waals surface area (Å²) < 4.78 is 65.6. The molecule has 0 unspecified atom stereocenters. The SMILES string of the molecule is C=COCC1CCC(COC(=O)OCCC(F)(F)C(C)(F)F)CC1. The highest BCUT2D eigenvalue weighted by Crippen LogP contribution is 2.36. The normalized spacial score (nSPS) is 21.9. The van der Waals surface area contributed by atoms with E-state index in [0.717, 1.165) is 25.7 Å². The topological polar surface area (TPSA) is 44.8 Å². The van der Waals surface area contributed by atoms with Gasteiger partial charge in [0, 0.05) is 6.92 Å². The molecule has 0 amide bonds. The molecule has 1 aliphatic carbocycles. The third-order valence-electron chi connectivity index (χ3n) is 4.13. The monoisotopic (exact) mass is 356 g/mol. The van der Waals surface area contributed by atoms with Crippen molar-refractivity contribution in [2.45, 2.75) is 50.9 Å². The average Bonchev–Trinajstić information content (AvgIpc) is 2.50. The largest absolute Gasteiger partial charge is 0.508 e. The fourth-order valence-corrected chi connectivity index (χ4v) is 2.48. The highest BCUT2D eigenvalue weighted by molar-refractivity contribution is 5.59. The van der Waals surface area contributed by atoms with Crippen LogP contribution in [0.1, 0.15) is 39.0 Å². The summed E-state index contributed by atoms with van der Waals surface area (Å²) in [6.45, 7) is 3.54. The highest BCUT2D eigenvalue weighted by atomic mass is 19.3. The average molecular weight is 356 g/mol. The van der Waals surface area contributed by atoms with Crippen molar-refractivity contribution in [1.29, 1.82) is 0 Å². The van der Waals surface area contributed by atoms with Crippen molar-refractivity contribution in [3.63, 3.8) is 0 Å². The van der Waals surface area contributed by atoms with Crippen LogP contribution in [0.5, 0.6) is 0 Å². The highest BCUT2D eigenvalue weighted by Gasteiger charge is 2.51. The van der Waals surface area contributed by atoms with Crippen LogP contribution in [0, 0.1) is 11.8 Å². The van der Waals surface area contributed by atoms with Crippen LogP contribution in [0.2, 0.25) is 0 Å². The quantitative estimate of drug-likeness (QED) is 0.339. The van der Waals surface area contributed by atoms with E-state index in [1.807, 2.05) is 0 Å². The second-order valence-electron chi connectivity index (χ2n) is 6.14. The Morgan fingerprint density at radius 2 is 1.62 bits per heavy atom. The van der Waals surface area contributed by atoms with Gasteiger partial charge in [0.25, 0.3) is 0 Å². The Hall–Kier alpha value is -1.47. The number of rotatable bonds is 9. The van der Waals surface area contributed by atoms with Gasteiger partial charge in [-0.05, 0) is 37.5 Å². The zero-order chi connectivity index (χ0) is 18.2. The first-order valence-corrected chi connectivity index (χ1v) is 7.93. The van der Waals surface area contributed by atoms with E-state index in [9.17, 15) is 22.4 Å². The molecule has 140 valence electrons. The van der Waals surface area contributed by atoms with Crippen molar-refractivity contribution in [2.24, 2.45) is 11.8 Å². The Labute approximate surface area is 139 Å². The fourth-order valence-electron chi connectivity index (χ4n) is 2.48. The van der Waals surface area contributed by atoms with Gasteiger partial charge in [0.1, 0.15) is 6.61 Å². The van der Waals surface area contributed by atoms with Gasteiger partial charge in [0.2, 0.25) is 0 Å². The summed E-state index contributed by atoms with van der Waals surface area (Å²) in [7, 11) is 0. The zero-order valence-corrected chi connectivity index (χ0v) is 13.7. The lowest BCUT2D eigenvalue weighted by molar-refractivity contribution is -0.204. The van der Waals surface area contributed by atoms with Gasteiger partial charge < -0.3 is 14.2 Å². The Morgan fingerprint density at radius 1 is 1.08 bits per heavy atom. The van der Waals surface area contributed by atoms with Gasteiger partial charge in [-0.25, -0.2) is 13.6 Å². The van der Waals surface area contributed by atoms with E-state index < -0.39 is 31.0 Å². The van der Waals surface area contributed by atoms with Crippen LogP contribution in [0.4, 0.5) is 22.4 Å². The molecule has 0 aromatic rings. The summed E-state index contributed by atoms with van der Waals surface area (Å²) in [5.74, 6) is -7.75. The van der Waals surface area contributed by atoms with Gasteiger partial charge in [-0.2, -0.15) is 8.78 Å². The lowest BCUT2D eigenvalue weighted by Crippen LogP contribution is -2.38. The van der Waals surface area contributed by atoms with E-state index in [0.29, 0.717) is 12.5 Å². The third-order valence-corrected chi connectivity index (χ3v) is 4.13. The van der Waals surface area contributed by atoms with Gasteiger partial charge in [0.05, 0.1) is 25.9 Å². The maximum atomic E-state index is 13.0. The number of halogens is 4. The molecule has 24 heavy (non-hydrogen) atoms. The van der Waals surface area contributed by atoms with E-state index >= 15 is 0 Å². The molecule has 4 nitrogen and oxygen atoms in total. The van der Waals surface area contributed by atoms with Gasteiger partial charge in [-0.15, -0.1) is 0 Å². The van der Waals surface area contributed by atoms with Gasteiger partial charge in [-0.3, -0.25) is 0 Å². The summed E-state index contributed by atoms with van der Waals surface area (Å²) in [6, 6.07) is 0. The maximum absolute atomic E-state index is 13.0. The summed E-state index contributed by atoms with van der Waals surface area (Å²) in [4.78, 5) is 11.3. The van der Waals surface area contributed by atoms with Gasteiger partial charge >= 0.3 is 18.0 Å². The first kappa shape index (κ1) is 20.6. The number of alkyl halides is 4. The molecule has 1 saturated carbocycles. The Bertz CT molecular complexity index is 401. The zero-order valence-electron chi connectivity index (χ0n) is 13.7. The second-order valence-corrected chi connectivity index (χ2v) is 6.14. The lowest BCUT2D eigenvalue weighted by atomic mass is 9.83. The van der Waals surface area contributed by atoms with Crippen molar-refractivity contribution in [2.75, 3.05) is 19.8 Å². The smallest absolute Gasteiger partial charge is 0.502 e. The Morgan fingerprint density at radius 3 is 2.12 bits per heavy atom. The molecule has 0 spiro atoms. The molecule has 0 atom stereocenters. The Kier molecular flexibility index (Phi) is 7.83. The van der Waals surface area contributed by atoms with Crippen molar-refractivity contribution in [1.82, 2.24) is 0 Å². The van der Waals surface area contributed by atoms with Gasteiger partial charge in [-0.1, -0.05) is 6.58 Å². The molecule has 0 aromatic carbocycles. The van der Waals surface area contributed by atoms with Gasteiger partial charge in [0.15, 0.2) is 0 Å². The van der Waals surface area contributed by atoms with E-state index in [4.69, 9.17) is 9.47 Å². The van der Waals surface area contributed by atoms with Crippen molar-refractivity contribution in [3.8, 4) is 0 Å². The molecule has 0 N–H and O–H groups in total. The molecule has 1 fully saturated rings. The van der Waals surface area contributed by atoms with E-state index in [1.165, 1.54) is 6.26 Å². The minimum atomic E-state index is -4.22. The van der Waals surface area contributed by atoms with Crippen LogP contribution in [0.25, 0.3) is 0 Å². The molecule has 8 heteroatoms. The minimum Gasteiger partial charge on any atom is -0.502 e. The molecule has 0 bridgehead atoms. The van der Waals surface area contributed by atoms with Crippen LogP contribution in [0.3, 0.4) is 0 Å². The summed E-state index contributed by atoms with van der Waals surface area (Å²) in [6.07, 6.45) is 2.64. The van der Waals surface area contributed by atoms with E-state index in [-0.39, 0.29) is 19.4 Å². The molecule has 1 aliphatic rings. The molecule has 1 rings (SSSR count). The van der Waals surface area contributed by atoms with Crippen molar-refractivity contribution < 1.29 is 36.6 Å². The first-order valence-electron chi connectivity index (χ1n) is 7.93. The number of ether oxygens (including phenoxy) is 3. The second kappa shape index (κ2) is 9.13. The number of carbonyl (C=O) groups excluding carboxylic acids is 1. The third kappa shape index (κ3) is 6.97. The number of carbonyl (C=O) groups is 1. The first-order chi connectivity index (χ1) is 11.2. The lowest BCUT2D eigenvalue weighted by Gasteiger charge is -2.27. The molecular formula is C16H24F4O4. The predicted octanol–water partition coefficient (Wildman–Crippen LogP) is 4.79. The van der Waals surface area contributed by atoms with Crippen molar-refractivity contribution in [3.05, 3.63) is 12.8 Å². The molecule has 0 aromatic heterocycles. The van der Waals surface area contributed by atoms with Crippen LogP contribution >= 0.6 is 0 Å². The van der Waals surface area contributed by atoms with Crippen LogP contribution in [0.15, 0.2) is 12.8 Å². The Balaban J connectivity index is 2.16. The minimum absolute atomic E-state index is 0.127. The van der Waals surface area contributed by atoms with Crippen molar-refractivity contribution >= 4 is 6.16 Å². The van der Waals surface area contributed by atoms with E-state index in [1.54, 1.807) is 0 Å². The molecule has 0 aliphatic heterocycles. The summed E-state index contributed by atoms with van der Waals surface area (Å²) >= 11 is 0. The summed E-state index contributed by atoms with van der Waals surface area (Å²) in [5.41, 5.74) is 0.